The molecule has 0 amide bonds. The van der Waals surface area contributed by atoms with Gasteiger partial charge in [-0.1, -0.05) is 176 Å². The van der Waals surface area contributed by atoms with Gasteiger partial charge in [-0.2, -0.15) is 0 Å². The molecular weight excluding hydrogens is 607 g/mol. The van der Waals surface area contributed by atoms with Crippen molar-refractivity contribution in [3.8, 4) is 67.5 Å². The van der Waals surface area contributed by atoms with E-state index >= 15 is 0 Å². The van der Waals surface area contributed by atoms with Crippen LogP contribution in [0.4, 0.5) is 0 Å². The molecule has 234 valence electrons. The Morgan fingerprint density at radius 3 is 1.34 bits per heavy atom. The van der Waals surface area contributed by atoms with E-state index in [0.29, 0.717) is 17.5 Å². The van der Waals surface area contributed by atoms with E-state index in [1.165, 1.54) is 38.4 Å². The molecule has 0 aliphatic carbocycles. The first-order valence-electron chi connectivity index (χ1n) is 16.9. The predicted octanol–water partition coefficient (Wildman–Crippen LogP) is 12.2. The maximum Gasteiger partial charge on any atom is 0.164 e. The fourth-order valence-corrected chi connectivity index (χ4v) is 6.67. The van der Waals surface area contributed by atoms with Crippen molar-refractivity contribution in [1.29, 1.82) is 0 Å². The van der Waals surface area contributed by atoms with E-state index in [1.54, 1.807) is 0 Å². The molecule has 0 bridgehead atoms. The molecule has 0 radical (unpaired) electrons. The van der Waals surface area contributed by atoms with E-state index in [1.807, 2.05) is 6.07 Å². The number of fused-ring (bicyclic) bond motifs is 2. The van der Waals surface area contributed by atoms with Gasteiger partial charge in [-0.15, -0.1) is 0 Å². The van der Waals surface area contributed by atoms with Crippen molar-refractivity contribution >= 4 is 21.5 Å². The van der Waals surface area contributed by atoms with Crippen LogP contribution in [0.25, 0.3) is 89.1 Å². The van der Waals surface area contributed by atoms with Gasteiger partial charge in [0.1, 0.15) is 0 Å². The predicted molar refractivity (Wildman–Crippen MR) is 207 cm³/mol. The van der Waals surface area contributed by atoms with Crippen molar-refractivity contribution in [3.05, 3.63) is 188 Å². The van der Waals surface area contributed by atoms with Gasteiger partial charge >= 0.3 is 0 Å². The lowest BCUT2D eigenvalue weighted by atomic mass is 9.96. The highest BCUT2D eigenvalue weighted by molar-refractivity contribution is 5.98. The van der Waals surface area contributed by atoms with E-state index < -0.39 is 0 Å². The molecule has 9 rings (SSSR count). The van der Waals surface area contributed by atoms with Crippen LogP contribution in [0.1, 0.15) is 0 Å². The fraction of sp³-hybridized carbons (Fsp3) is 0. The Kier molecular flexibility index (Phi) is 7.49. The summed E-state index contributed by atoms with van der Waals surface area (Å²) in [5.41, 5.74) is 9.82. The Labute approximate surface area is 291 Å². The average molecular weight is 638 g/mol. The summed E-state index contributed by atoms with van der Waals surface area (Å²) in [5.74, 6) is 1.92. The highest BCUT2D eigenvalue weighted by Gasteiger charge is 2.15. The summed E-state index contributed by atoms with van der Waals surface area (Å²) in [6.45, 7) is 0. The van der Waals surface area contributed by atoms with Crippen LogP contribution in [0, 0.1) is 0 Å². The number of nitrogens with zero attached hydrogens (tertiary/aromatic N) is 3. The van der Waals surface area contributed by atoms with E-state index in [-0.39, 0.29) is 0 Å². The normalized spacial score (nSPS) is 11.2. The number of aromatic nitrogens is 3. The number of hydrogen-bond donors (Lipinski definition) is 0. The third-order valence-corrected chi connectivity index (χ3v) is 9.34. The average Bonchev–Trinajstić information content (AvgIpc) is 3.21. The first kappa shape index (κ1) is 29.4. The smallest absolute Gasteiger partial charge is 0.164 e. The summed E-state index contributed by atoms with van der Waals surface area (Å²) in [6, 6.07) is 65.9. The van der Waals surface area contributed by atoms with Gasteiger partial charge in [0.15, 0.2) is 17.5 Å². The van der Waals surface area contributed by atoms with Gasteiger partial charge < -0.3 is 0 Å². The molecule has 0 aliphatic heterocycles. The van der Waals surface area contributed by atoms with Crippen LogP contribution in [0.2, 0.25) is 0 Å². The van der Waals surface area contributed by atoms with Crippen LogP contribution in [0.5, 0.6) is 0 Å². The third kappa shape index (κ3) is 5.72. The summed E-state index contributed by atoms with van der Waals surface area (Å²) in [5, 5.41) is 4.79. The van der Waals surface area contributed by atoms with E-state index in [9.17, 15) is 0 Å². The van der Waals surface area contributed by atoms with Crippen molar-refractivity contribution in [3.63, 3.8) is 0 Å². The second-order valence-electron chi connectivity index (χ2n) is 12.5. The zero-order valence-electron chi connectivity index (χ0n) is 27.2. The second-order valence-corrected chi connectivity index (χ2v) is 12.5. The molecule has 0 aliphatic rings. The lowest BCUT2D eigenvalue weighted by molar-refractivity contribution is 1.07. The fourth-order valence-electron chi connectivity index (χ4n) is 6.67. The van der Waals surface area contributed by atoms with Crippen molar-refractivity contribution < 1.29 is 0 Å². The molecule has 3 heteroatoms. The Morgan fingerprint density at radius 2 is 0.680 bits per heavy atom. The van der Waals surface area contributed by atoms with Crippen LogP contribution in [0.3, 0.4) is 0 Å². The molecule has 0 fully saturated rings. The standard InChI is InChI=1S/C47H31N3/c1-3-10-32(11-4-1)34-18-24-38(25-19-34)45-48-46(39-26-20-35(21-27-39)41-28-22-33-12-7-8-15-40(33)30-41)50-47(49-45)42-29-23-37-16-9-17-43(44(37)31-42)36-13-5-2-6-14-36/h1-31H. The third-order valence-electron chi connectivity index (χ3n) is 9.34. The molecule has 1 aromatic heterocycles. The minimum atomic E-state index is 0.638. The summed E-state index contributed by atoms with van der Waals surface area (Å²) < 4.78 is 0. The van der Waals surface area contributed by atoms with E-state index in [0.717, 1.165) is 33.2 Å². The highest BCUT2D eigenvalue weighted by atomic mass is 15.0. The first-order chi connectivity index (χ1) is 24.7. The Balaban J connectivity index is 1.15. The molecule has 8 aromatic carbocycles. The summed E-state index contributed by atoms with van der Waals surface area (Å²) in [7, 11) is 0. The topological polar surface area (TPSA) is 38.7 Å². The highest BCUT2D eigenvalue weighted by Crippen LogP contribution is 2.34. The van der Waals surface area contributed by atoms with Crippen LogP contribution in [-0.2, 0) is 0 Å². The van der Waals surface area contributed by atoms with Crippen LogP contribution < -0.4 is 0 Å². The summed E-state index contributed by atoms with van der Waals surface area (Å²) in [4.78, 5) is 15.2. The van der Waals surface area contributed by atoms with Crippen molar-refractivity contribution in [2.45, 2.75) is 0 Å². The molecule has 0 N–H and O–H groups in total. The Morgan fingerprint density at radius 1 is 0.240 bits per heavy atom. The van der Waals surface area contributed by atoms with Gasteiger partial charge in [0.2, 0.25) is 0 Å². The molecule has 0 saturated heterocycles. The summed E-state index contributed by atoms with van der Waals surface area (Å²) in [6.07, 6.45) is 0. The Hall–Kier alpha value is -6.71. The monoisotopic (exact) mass is 637 g/mol. The number of benzene rings is 8. The van der Waals surface area contributed by atoms with Crippen molar-refractivity contribution in [2.75, 3.05) is 0 Å². The van der Waals surface area contributed by atoms with Crippen LogP contribution in [-0.4, -0.2) is 15.0 Å². The quantitative estimate of drug-likeness (QED) is 0.182. The van der Waals surface area contributed by atoms with Crippen LogP contribution >= 0.6 is 0 Å². The van der Waals surface area contributed by atoms with Gasteiger partial charge in [-0.3, -0.25) is 0 Å². The lowest BCUT2D eigenvalue weighted by Crippen LogP contribution is -2.00. The lowest BCUT2D eigenvalue weighted by Gasteiger charge is -2.12. The SMILES string of the molecule is c1ccc(-c2ccc(-c3nc(-c4ccc(-c5ccc6ccccc6c5)cc4)nc(-c4ccc5cccc(-c6ccccc6)c5c4)n3)cc2)cc1. The van der Waals surface area contributed by atoms with Crippen LogP contribution in [0.15, 0.2) is 188 Å². The molecule has 0 spiro atoms. The largest absolute Gasteiger partial charge is 0.208 e. The second kappa shape index (κ2) is 12.7. The molecule has 3 nitrogen and oxygen atoms in total. The molecule has 0 unspecified atom stereocenters. The number of hydrogen-bond acceptors (Lipinski definition) is 3. The number of rotatable bonds is 6. The minimum Gasteiger partial charge on any atom is -0.208 e. The van der Waals surface area contributed by atoms with Crippen molar-refractivity contribution in [1.82, 2.24) is 15.0 Å². The van der Waals surface area contributed by atoms with Gasteiger partial charge in [-0.25, -0.2) is 15.0 Å². The molecular formula is C47H31N3. The van der Waals surface area contributed by atoms with Gasteiger partial charge in [0, 0.05) is 16.7 Å². The molecule has 50 heavy (non-hydrogen) atoms. The molecule has 0 saturated carbocycles. The zero-order valence-corrected chi connectivity index (χ0v) is 27.2. The van der Waals surface area contributed by atoms with Gasteiger partial charge in [0.05, 0.1) is 0 Å². The maximum atomic E-state index is 5.09. The van der Waals surface area contributed by atoms with E-state index in [4.69, 9.17) is 15.0 Å². The maximum absolute atomic E-state index is 5.09. The molecule has 0 atom stereocenters. The first-order valence-corrected chi connectivity index (χ1v) is 16.9. The minimum absolute atomic E-state index is 0.638. The Bertz CT molecular complexity index is 2610. The van der Waals surface area contributed by atoms with Gasteiger partial charge in [0.25, 0.3) is 0 Å². The van der Waals surface area contributed by atoms with Crippen molar-refractivity contribution in [2.24, 2.45) is 0 Å². The van der Waals surface area contributed by atoms with E-state index in [2.05, 4.69) is 182 Å². The molecule has 9 aromatic rings. The summed E-state index contributed by atoms with van der Waals surface area (Å²) >= 11 is 0. The molecule has 1 heterocycles. The zero-order chi connectivity index (χ0) is 33.3. The van der Waals surface area contributed by atoms with Gasteiger partial charge in [-0.05, 0) is 67.1 Å².